The van der Waals surface area contributed by atoms with Crippen molar-refractivity contribution in [3.8, 4) is 0 Å². The molecule has 0 nitrogen and oxygen atoms in total. The van der Waals surface area contributed by atoms with E-state index in [4.69, 9.17) is 0 Å². The number of hydrogen-bond acceptors (Lipinski definition) is 0. The van der Waals surface area contributed by atoms with Crippen LogP contribution in [0.25, 0.3) is 6.08 Å². The van der Waals surface area contributed by atoms with E-state index in [0.29, 0.717) is 0 Å². The van der Waals surface area contributed by atoms with Crippen LogP contribution in [0.1, 0.15) is 5.56 Å². The Labute approximate surface area is 107 Å². The van der Waals surface area contributed by atoms with Gasteiger partial charge in [0.25, 0.3) is 0 Å². The maximum Gasteiger partial charge on any atom is 0.0397 e. The second-order valence-electron chi connectivity index (χ2n) is 2.00. The molecule has 0 radical (unpaired) electrons. The summed E-state index contributed by atoms with van der Waals surface area (Å²) in [5.74, 6) is 0. The Morgan fingerprint density at radius 1 is 1.09 bits per heavy atom. The third kappa shape index (κ3) is 2.55. The maximum absolute atomic E-state index is 3.73. The van der Waals surface area contributed by atoms with E-state index < -0.39 is 0 Å². The summed E-state index contributed by atoms with van der Waals surface area (Å²) in [6, 6.07) is 4.27. The lowest BCUT2D eigenvalue weighted by Gasteiger charge is -2.01. The van der Waals surface area contributed by atoms with Gasteiger partial charge < -0.3 is 0 Å². The van der Waals surface area contributed by atoms with E-state index in [1.165, 1.54) is 16.3 Å². The van der Waals surface area contributed by atoms with Gasteiger partial charge in [-0.2, -0.15) is 0 Å². The Morgan fingerprint density at radius 2 is 1.55 bits per heavy atom. The summed E-state index contributed by atoms with van der Waals surface area (Å²) in [4.78, 5) is 0. The first-order valence-corrected chi connectivity index (χ1v) is 6.15. The molecule has 0 N–H and O–H groups in total. The molecule has 0 aliphatic rings. The van der Waals surface area contributed by atoms with E-state index in [2.05, 4.69) is 86.5 Å². The standard InChI is InChI=1S/C8H5I3/c1-2-5-3-6(9)8(11)7(10)4-5/h2-4H,1H2. The Morgan fingerprint density at radius 3 is 1.91 bits per heavy atom. The molecule has 1 aromatic carbocycles. The van der Waals surface area contributed by atoms with Gasteiger partial charge in [-0.1, -0.05) is 12.7 Å². The van der Waals surface area contributed by atoms with Crippen LogP contribution in [0.5, 0.6) is 0 Å². The van der Waals surface area contributed by atoms with Gasteiger partial charge in [-0.05, 0) is 85.5 Å². The summed E-state index contributed by atoms with van der Waals surface area (Å²) < 4.78 is 3.92. The van der Waals surface area contributed by atoms with Crippen molar-refractivity contribution in [3.05, 3.63) is 35.0 Å². The van der Waals surface area contributed by atoms with Crippen LogP contribution >= 0.6 is 67.8 Å². The van der Waals surface area contributed by atoms with Gasteiger partial charge in [-0.25, -0.2) is 0 Å². The first kappa shape index (κ1) is 10.2. The number of rotatable bonds is 1. The molecule has 0 heterocycles. The predicted octanol–water partition coefficient (Wildman–Crippen LogP) is 4.14. The van der Waals surface area contributed by atoms with Gasteiger partial charge in [-0.3, -0.25) is 0 Å². The molecule has 0 aliphatic carbocycles. The van der Waals surface area contributed by atoms with Crippen LogP contribution < -0.4 is 0 Å². The molecule has 3 heteroatoms. The van der Waals surface area contributed by atoms with Crippen molar-refractivity contribution in [1.29, 1.82) is 0 Å². The Bertz CT molecular complexity index is 268. The molecule has 0 saturated carbocycles. The molecule has 0 saturated heterocycles. The molecule has 0 aliphatic heterocycles. The fourth-order valence-electron chi connectivity index (χ4n) is 0.693. The number of benzene rings is 1. The van der Waals surface area contributed by atoms with Crippen molar-refractivity contribution in [2.24, 2.45) is 0 Å². The highest BCUT2D eigenvalue weighted by atomic mass is 127. The fraction of sp³-hybridized carbons (Fsp3) is 0. The van der Waals surface area contributed by atoms with Crippen LogP contribution in [-0.4, -0.2) is 0 Å². The molecule has 0 amide bonds. The predicted molar refractivity (Wildman–Crippen MR) is 74.7 cm³/mol. The Balaban J connectivity index is 3.31. The fourth-order valence-corrected chi connectivity index (χ4v) is 2.82. The van der Waals surface area contributed by atoms with Gasteiger partial charge in [0.1, 0.15) is 0 Å². The Hall–Kier alpha value is 1.15. The molecule has 58 valence electrons. The van der Waals surface area contributed by atoms with Crippen LogP contribution in [-0.2, 0) is 0 Å². The van der Waals surface area contributed by atoms with Crippen molar-refractivity contribution in [2.75, 3.05) is 0 Å². The highest BCUT2D eigenvalue weighted by Gasteiger charge is 2.01. The van der Waals surface area contributed by atoms with E-state index in [9.17, 15) is 0 Å². The smallest absolute Gasteiger partial charge is 0.0397 e. The van der Waals surface area contributed by atoms with Crippen molar-refractivity contribution in [2.45, 2.75) is 0 Å². The minimum atomic E-state index is 1.19. The second kappa shape index (κ2) is 4.40. The zero-order chi connectivity index (χ0) is 8.43. The minimum Gasteiger partial charge on any atom is -0.0985 e. The van der Waals surface area contributed by atoms with Crippen LogP contribution in [0.15, 0.2) is 18.7 Å². The second-order valence-corrected chi connectivity index (χ2v) is 5.41. The largest absolute Gasteiger partial charge is 0.0985 e. The van der Waals surface area contributed by atoms with Crippen LogP contribution in [0, 0.1) is 10.7 Å². The summed E-state index contributed by atoms with van der Waals surface area (Å²) in [6.07, 6.45) is 1.88. The molecule has 11 heavy (non-hydrogen) atoms. The lowest BCUT2D eigenvalue weighted by atomic mass is 10.2. The highest BCUT2D eigenvalue weighted by Crippen LogP contribution is 2.23. The van der Waals surface area contributed by atoms with E-state index in [0.717, 1.165) is 0 Å². The molecule has 1 aromatic rings. The zero-order valence-corrected chi connectivity index (χ0v) is 12.0. The summed E-state index contributed by atoms with van der Waals surface area (Å²) in [5.41, 5.74) is 1.19. The molecule has 0 bridgehead atoms. The molecule has 0 aromatic heterocycles. The summed E-state index contributed by atoms with van der Waals surface area (Å²) in [7, 11) is 0. The quantitative estimate of drug-likeness (QED) is 0.418. The maximum atomic E-state index is 3.73. The van der Waals surface area contributed by atoms with E-state index in [1.54, 1.807) is 0 Å². The SMILES string of the molecule is C=Cc1cc(I)c(I)c(I)c1. The lowest BCUT2D eigenvalue weighted by Crippen LogP contribution is -1.86. The summed E-state index contributed by atoms with van der Waals surface area (Å²) in [5, 5.41) is 0. The first-order chi connectivity index (χ1) is 5.15. The number of halogens is 3. The highest BCUT2D eigenvalue weighted by molar-refractivity contribution is 14.1. The zero-order valence-electron chi connectivity index (χ0n) is 5.57. The van der Waals surface area contributed by atoms with Crippen molar-refractivity contribution in [3.63, 3.8) is 0 Å². The van der Waals surface area contributed by atoms with Crippen molar-refractivity contribution < 1.29 is 0 Å². The lowest BCUT2D eigenvalue weighted by molar-refractivity contribution is 1.50. The first-order valence-electron chi connectivity index (χ1n) is 2.92. The van der Waals surface area contributed by atoms with Gasteiger partial charge in [0.2, 0.25) is 0 Å². The average molecular weight is 482 g/mol. The normalized spacial score (nSPS) is 9.73. The van der Waals surface area contributed by atoms with Crippen molar-refractivity contribution in [1.82, 2.24) is 0 Å². The molecular weight excluding hydrogens is 477 g/mol. The van der Waals surface area contributed by atoms with Gasteiger partial charge in [0, 0.05) is 10.7 Å². The van der Waals surface area contributed by atoms with E-state index in [-0.39, 0.29) is 0 Å². The molecule has 0 fully saturated rings. The third-order valence-corrected chi connectivity index (χ3v) is 6.17. The topological polar surface area (TPSA) is 0 Å². The third-order valence-electron chi connectivity index (χ3n) is 1.24. The summed E-state index contributed by atoms with van der Waals surface area (Å²) >= 11 is 7.03. The molecule has 0 atom stereocenters. The van der Waals surface area contributed by atoms with Gasteiger partial charge in [0.05, 0.1) is 0 Å². The van der Waals surface area contributed by atoms with Gasteiger partial charge in [-0.15, -0.1) is 0 Å². The van der Waals surface area contributed by atoms with E-state index in [1.807, 2.05) is 6.08 Å². The summed E-state index contributed by atoms with van der Waals surface area (Å²) in [6.45, 7) is 3.73. The molecular formula is C8H5I3. The van der Waals surface area contributed by atoms with Crippen molar-refractivity contribution >= 4 is 73.8 Å². The van der Waals surface area contributed by atoms with Gasteiger partial charge >= 0.3 is 0 Å². The van der Waals surface area contributed by atoms with E-state index >= 15 is 0 Å². The molecule has 0 unspecified atom stereocenters. The van der Waals surface area contributed by atoms with Crippen LogP contribution in [0.4, 0.5) is 0 Å². The molecule has 1 rings (SSSR count). The monoisotopic (exact) mass is 482 g/mol. The van der Waals surface area contributed by atoms with Crippen LogP contribution in [0.3, 0.4) is 0 Å². The van der Waals surface area contributed by atoms with Crippen LogP contribution in [0.2, 0.25) is 0 Å². The number of hydrogen-bond donors (Lipinski definition) is 0. The average Bonchev–Trinajstić information content (AvgIpc) is 1.99. The minimum absolute atomic E-state index is 1.19. The molecule has 0 spiro atoms. The Kier molecular flexibility index (Phi) is 4.10. The van der Waals surface area contributed by atoms with Gasteiger partial charge in [0.15, 0.2) is 0 Å².